The molecule has 4 aliphatic rings. The molecule has 3 saturated heterocycles. The SMILES string of the molecule is O=C(NC(c1ccccn1)C1CC1)c1ccc2[nH]nc(-c3ccc(OC4C[C@H]5CC[C@@H](C4)N5C4COC4)cc3)c2c1. The molecule has 4 atom stereocenters. The van der Waals surface area contributed by atoms with Crippen molar-refractivity contribution in [2.45, 2.75) is 68.8 Å². The summed E-state index contributed by atoms with van der Waals surface area (Å²) in [6.07, 6.45) is 9.00. The highest BCUT2D eigenvalue weighted by Crippen LogP contribution is 2.41. The molecule has 2 aromatic carbocycles. The number of rotatable bonds is 8. The second-order valence-corrected chi connectivity index (χ2v) is 12.1. The Kier molecular flexibility index (Phi) is 6.26. The van der Waals surface area contributed by atoms with Gasteiger partial charge in [-0.15, -0.1) is 0 Å². The fourth-order valence-electron chi connectivity index (χ4n) is 7.16. The van der Waals surface area contributed by atoms with E-state index in [4.69, 9.17) is 9.47 Å². The van der Waals surface area contributed by atoms with E-state index in [1.54, 1.807) is 6.20 Å². The lowest BCUT2D eigenvalue weighted by molar-refractivity contribution is -0.102. The number of amides is 1. The molecule has 2 bridgehead atoms. The number of carbonyl (C=O) groups is 1. The number of aromatic nitrogens is 3. The van der Waals surface area contributed by atoms with Crippen molar-refractivity contribution in [3.63, 3.8) is 0 Å². The van der Waals surface area contributed by atoms with Crippen LogP contribution in [0.5, 0.6) is 5.75 Å². The number of nitrogens with one attached hydrogen (secondary N) is 2. The molecule has 1 amide bonds. The minimum atomic E-state index is -0.0878. The molecule has 0 spiro atoms. The molecule has 2 N–H and O–H groups in total. The van der Waals surface area contributed by atoms with Crippen LogP contribution in [0, 0.1) is 5.92 Å². The topological polar surface area (TPSA) is 92.4 Å². The van der Waals surface area contributed by atoms with Crippen molar-refractivity contribution in [2.24, 2.45) is 5.92 Å². The average molecular weight is 550 g/mol. The van der Waals surface area contributed by atoms with E-state index in [0.29, 0.717) is 29.6 Å². The van der Waals surface area contributed by atoms with Crippen LogP contribution in [0.2, 0.25) is 0 Å². The van der Waals surface area contributed by atoms with Gasteiger partial charge in [0.2, 0.25) is 0 Å². The summed E-state index contributed by atoms with van der Waals surface area (Å²) < 4.78 is 11.9. The Morgan fingerprint density at radius 2 is 1.78 bits per heavy atom. The van der Waals surface area contributed by atoms with E-state index >= 15 is 0 Å². The first kappa shape index (κ1) is 25.0. The van der Waals surface area contributed by atoms with Crippen molar-refractivity contribution in [3.05, 3.63) is 78.1 Å². The first-order valence-corrected chi connectivity index (χ1v) is 15.0. The van der Waals surface area contributed by atoms with Gasteiger partial charge in [0.25, 0.3) is 5.91 Å². The zero-order valence-electron chi connectivity index (χ0n) is 23.0. The van der Waals surface area contributed by atoms with Gasteiger partial charge in [0.15, 0.2) is 0 Å². The molecule has 3 aliphatic heterocycles. The molecular formula is C33H35N5O3. The van der Waals surface area contributed by atoms with Crippen LogP contribution in [0.3, 0.4) is 0 Å². The van der Waals surface area contributed by atoms with Gasteiger partial charge in [-0.05, 0) is 99.0 Å². The third-order valence-corrected chi connectivity index (χ3v) is 9.43. The van der Waals surface area contributed by atoms with E-state index in [-0.39, 0.29) is 18.1 Å². The smallest absolute Gasteiger partial charge is 0.251 e. The Hall–Kier alpha value is -3.75. The quantitative estimate of drug-likeness (QED) is 0.311. The van der Waals surface area contributed by atoms with Crippen molar-refractivity contribution in [1.29, 1.82) is 0 Å². The van der Waals surface area contributed by atoms with Crippen LogP contribution in [0.1, 0.15) is 60.6 Å². The highest BCUT2D eigenvalue weighted by molar-refractivity contribution is 6.01. The monoisotopic (exact) mass is 549 g/mol. The summed E-state index contributed by atoms with van der Waals surface area (Å²) in [4.78, 5) is 20.6. The van der Waals surface area contributed by atoms with Gasteiger partial charge >= 0.3 is 0 Å². The third-order valence-electron chi connectivity index (χ3n) is 9.43. The molecule has 0 radical (unpaired) electrons. The van der Waals surface area contributed by atoms with Gasteiger partial charge in [-0.25, -0.2) is 0 Å². The standard InChI is InChI=1S/C33H35N5O3/c39-33(35-32(21-4-5-21)30-3-1-2-14-34-30)22-8-13-29-28(15-22)31(37-36-29)20-6-11-26(12-7-20)41-27-16-23-9-10-24(17-27)38(23)25-18-40-19-25/h1-3,6-8,11-15,21,23-25,27,32H,4-5,9-10,16-19H2,(H,35,39)(H,36,37)/t23-,24+,27?,32?. The van der Waals surface area contributed by atoms with Crippen LogP contribution in [0.25, 0.3) is 22.2 Å². The van der Waals surface area contributed by atoms with Crippen molar-refractivity contribution in [3.8, 4) is 17.0 Å². The Morgan fingerprint density at radius 3 is 2.46 bits per heavy atom. The van der Waals surface area contributed by atoms with E-state index in [0.717, 1.165) is 72.5 Å². The number of H-pyrrole nitrogens is 1. The number of benzene rings is 2. The summed E-state index contributed by atoms with van der Waals surface area (Å²) in [5.74, 6) is 1.26. The maximum absolute atomic E-state index is 13.3. The number of hydrogen-bond acceptors (Lipinski definition) is 6. The molecule has 210 valence electrons. The lowest BCUT2D eigenvalue weighted by atomic mass is 9.96. The molecule has 8 rings (SSSR count). The van der Waals surface area contributed by atoms with E-state index in [2.05, 4.69) is 37.5 Å². The molecule has 2 aromatic heterocycles. The van der Waals surface area contributed by atoms with Gasteiger partial charge in [-0.3, -0.25) is 19.8 Å². The normalized spacial score (nSPS) is 25.1. The van der Waals surface area contributed by atoms with Crippen molar-refractivity contribution in [1.82, 2.24) is 25.4 Å². The van der Waals surface area contributed by atoms with Crippen LogP contribution in [0.4, 0.5) is 0 Å². The third kappa shape index (κ3) is 4.79. The number of pyridine rings is 1. The van der Waals surface area contributed by atoms with Gasteiger partial charge in [-0.2, -0.15) is 5.10 Å². The molecule has 4 aromatic rings. The van der Waals surface area contributed by atoms with Crippen LogP contribution in [0.15, 0.2) is 66.9 Å². The first-order valence-electron chi connectivity index (χ1n) is 15.0. The summed E-state index contributed by atoms with van der Waals surface area (Å²) in [5.41, 5.74) is 4.27. The number of ether oxygens (including phenoxy) is 2. The number of piperidine rings is 1. The largest absolute Gasteiger partial charge is 0.490 e. The maximum atomic E-state index is 13.3. The Morgan fingerprint density at radius 1 is 0.976 bits per heavy atom. The van der Waals surface area contributed by atoms with Crippen molar-refractivity contribution >= 4 is 16.8 Å². The molecule has 1 aliphatic carbocycles. The summed E-state index contributed by atoms with van der Waals surface area (Å²) >= 11 is 0. The molecule has 5 heterocycles. The number of aromatic amines is 1. The van der Waals surface area contributed by atoms with Crippen LogP contribution >= 0.6 is 0 Å². The van der Waals surface area contributed by atoms with Crippen molar-refractivity contribution < 1.29 is 14.3 Å². The van der Waals surface area contributed by atoms with Gasteiger partial charge < -0.3 is 14.8 Å². The summed E-state index contributed by atoms with van der Waals surface area (Å²) in [5, 5.41) is 11.9. The second kappa shape index (κ2) is 10.3. The Labute approximate surface area is 239 Å². The number of nitrogens with zero attached hydrogens (tertiary/aromatic N) is 3. The molecule has 4 fully saturated rings. The summed E-state index contributed by atoms with van der Waals surface area (Å²) in [6.45, 7) is 1.78. The van der Waals surface area contributed by atoms with E-state index < -0.39 is 0 Å². The Bertz CT molecular complexity index is 1530. The van der Waals surface area contributed by atoms with Gasteiger partial charge in [0.05, 0.1) is 42.2 Å². The van der Waals surface area contributed by atoms with Crippen LogP contribution in [-0.2, 0) is 4.74 Å². The van der Waals surface area contributed by atoms with Gasteiger partial charge in [0, 0.05) is 34.8 Å². The fraction of sp³-hybridized carbons (Fsp3) is 0.424. The predicted octanol–water partition coefficient (Wildman–Crippen LogP) is 5.28. The van der Waals surface area contributed by atoms with E-state index in [1.807, 2.05) is 48.5 Å². The Balaban J connectivity index is 0.970. The van der Waals surface area contributed by atoms with Gasteiger partial charge in [-0.1, -0.05) is 6.07 Å². The average Bonchev–Trinajstić information content (AvgIpc) is 3.68. The molecule has 8 heteroatoms. The molecular weight excluding hydrogens is 514 g/mol. The first-order chi connectivity index (χ1) is 20.2. The van der Waals surface area contributed by atoms with E-state index in [1.165, 1.54) is 12.8 Å². The number of fused-ring (bicyclic) bond motifs is 3. The van der Waals surface area contributed by atoms with Crippen LogP contribution in [-0.4, -0.2) is 63.4 Å². The molecule has 2 unspecified atom stereocenters. The highest BCUT2D eigenvalue weighted by atomic mass is 16.5. The lowest BCUT2D eigenvalue weighted by Gasteiger charge is -2.46. The number of carbonyl (C=O) groups excluding carboxylic acids is 1. The maximum Gasteiger partial charge on any atom is 0.251 e. The molecule has 1 saturated carbocycles. The minimum absolute atomic E-state index is 0.0644. The van der Waals surface area contributed by atoms with Crippen molar-refractivity contribution in [2.75, 3.05) is 13.2 Å². The van der Waals surface area contributed by atoms with Crippen LogP contribution < -0.4 is 10.1 Å². The minimum Gasteiger partial charge on any atom is -0.490 e. The zero-order chi connectivity index (χ0) is 27.3. The van der Waals surface area contributed by atoms with E-state index in [9.17, 15) is 4.79 Å². The second-order valence-electron chi connectivity index (χ2n) is 12.1. The summed E-state index contributed by atoms with van der Waals surface area (Å²) in [7, 11) is 0. The summed E-state index contributed by atoms with van der Waals surface area (Å²) in [6, 6.07) is 21.6. The highest BCUT2D eigenvalue weighted by Gasteiger charge is 2.46. The zero-order valence-corrected chi connectivity index (χ0v) is 23.0. The molecule has 8 nitrogen and oxygen atoms in total. The number of hydrogen-bond donors (Lipinski definition) is 2. The predicted molar refractivity (Wildman–Crippen MR) is 156 cm³/mol. The fourth-order valence-corrected chi connectivity index (χ4v) is 7.16. The molecule has 41 heavy (non-hydrogen) atoms. The van der Waals surface area contributed by atoms with Gasteiger partial charge in [0.1, 0.15) is 11.9 Å². The lowest BCUT2D eigenvalue weighted by Crippen LogP contribution is -2.57.